The van der Waals surface area contributed by atoms with E-state index in [2.05, 4.69) is 13.5 Å². The summed E-state index contributed by atoms with van der Waals surface area (Å²) in [6, 6.07) is 1.69. The van der Waals surface area contributed by atoms with Gasteiger partial charge in [0.2, 0.25) is 0 Å². The molecule has 5 nitrogen and oxygen atoms in total. The van der Waals surface area contributed by atoms with Gasteiger partial charge < -0.3 is 0 Å². The molecule has 126 valence electrons. The fourth-order valence-corrected chi connectivity index (χ4v) is 2.24. The van der Waals surface area contributed by atoms with Crippen LogP contribution in [0.5, 0.6) is 0 Å². The van der Waals surface area contributed by atoms with Crippen molar-refractivity contribution in [2.75, 3.05) is 0 Å². The summed E-state index contributed by atoms with van der Waals surface area (Å²) < 4.78 is 33.1. The first-order chi connectivity index (χ1) is 10.3. The molecule has 0 spiro atoms. The summed E-state index contributed by atoms with van der Waals surface area (Å²) in [6.45, 7) is 5.40. The van der Waals surface area contributed by atoms with Gasteiger partial charge in [0.1, 0.15) is 0 Å². The van der Waals surface area contributed by atoms with Crippen molar-refractivity contribution in [2.24, 2.45) is 0 Å². The van der Waals surface area contributed by atoms with Crippen molar-refractivity contribution in [1.82, 2.24) is 0 Å². The molecule has 0 unspecified atom stereocenters. The first kappa shape index (κ1) is 27.0. The molecule has 0 aromatic carbocycles. The van der Waals surface area contributed by atoms with E-state index in [-0.39, 0.29) is 0 Å². The molecule has 0 fully saturated rings. The summed E-state index contributed by atoms with van der Waals surface area (Å²) in [6.07, 6.45) is 15.9. The molecule has 0 atom stereocenters. The van der Waals surface area contributed by atoms with E-state index in [0.29, 0.717) is 0 Å². The van der Waals surface area contributed by atoms with E-state index < -0.39 is 10.4 Å². The van der Waals surface area contributed by atoms with Crippen LogP contribution in [0.1, 0.15) is 71.1 Å². The van der Waals surface area contributed by atoms with Gasteiger partial charge >= 0.3 is 113 Å². The SMILES string of the molecule is C=CC#N.CCCCCCCCCCC[CH2][Na].O=S(=O)(O)O. The number of hydrogen-bond acceptors (Lipinski definition) is 3. The minimum absolute atomic E-state index is 1.18. The van der Waals surface area contributed by atoms with Crippen LogP contribution in [0.2, 0.25) is 3.67 Å². The summed E-state index contributed by atoms with van der Waals surface area (Å²) in [5.74, 6) is 0. The first-order valence-electron chi connectivity index (χ1n) is 8.03. The molecule has 0 bridgehead atoms. The van der Waals surface area contributed by atoms with Crippen LogP contribution < -0.4 is 0 Å². The zero-order valence-electron chi connectivity index (χ0n) is 14.1. The Morgan fingerprint density at radius 1 is 1.00 bits per heavy atom. The van der Waals surface area contributed by atoms with Gasteiger partial charge in [0.05, 0.1) is 6.07 Å². The molecule has 2 N–H and O–H groups in total. The van der Waals surface area contributed by atoms with Crippen molar-refractivity contribution in [2.45, 2.75) is 74.8 Å². The molecule has 0 amide bonds. The number of unbranched alkanes of at least 4 members (excludes halogenated alkanes) is 9. The monoisotopic (exact) mass is 343 g/mol. The van der Waals surface area contributed by atoms with Crippen LogP contribution in [0.15, 0.2) is 12.7 Å². The first-order valence-corrected chi connectivity index (χ1v) is 10.8. The van der Waals surface area contributed by atoms with Crippen molar-refractivity contribution < 1.29 is 17.5 Å². The van der Waals surface area contributed by atoms with Gasteiger partial charge in [-0.1, -0.05) is 6.58 Å². The van der Waals surface area contributed by atoms with Crippen molar-refractivity contribution in [1.29, 1.82) is 5.26 Å². The van der Waals surface area contributed by atoms with Gasteiger partial charge in [0, 0.05) is 6.08 Å². The molecule has 0 radical (unpaired) electrons. The summed E-state index contributed by atoms with van der Waals surface area (Å²) in [4.78, 5) is 0. The van der Waals surface area contributed by atoms with Gasteiger partial charge in [0.25, 0.3) is 0 Å². The smallest absolute Gasteiger partial charge is 0.264 e. The zero-order chi connectivity index (χ0) is 17.7. The summed E-state index contributed by atoms with van der Waals surface area (Å²) in [5, 5.41) is 7.51. The summed E-state index contributed by atoms with van der Waals surface area (Å²) >= 11 is 1.41. The van der Waals surface area contributed by atoms with Gasteiger partial charge in [-0.15, -0.1) is 0 Å². The van der Waals surface area contributed by atoms with Crippen LogP contribution in [0.3, 0.4) is 0 Å². The molecular weight excluding hydrogens is 313 g/mol. The van der Waals surface area contributed by atoms with E-state index in [1.54, 1.807) is 6.07 Å². The number of rotatable bonds is 10. The number of nitrogens with zero attached hydrogens (tertiary/aromatic N) is 1. The third-order valence-electron chi connectivity index (χ3n) is 2.80. The second-order valence-corrected chi connectivity index (χ2v) is 6.86. The standard InChI is InChI=1S/C12H25.C3H3N.Na.H2O4S/c1-3-5-7-9-11-12-10-8-6-4-2;1-2-3-4;;1-5(2,3)4/h1,3-12H2,2H3;2H,1H2;;(H2,1,2,3,4). The average molecular weight is 343 g/mol. The summed E-state index contributed by atoms with van der Waals surface area (Å²) in [7, 11) is -4.67. The Kier molecular flexibility index (Phi) is 28.6. The van der Waals surface area contributed by atoms with E-state index in [4.69, 9.17) is 22.8 Å². The van der Waals surface area contributed by atoms with Crippen molar-refractivity contribution in [3.63, 3.8) is 0 Å². The normalized spacial score (nSPS) is 9.64. The minimum Gasteiger partial charge on any atom is -0.264 e. The van der Waals surface area contributed by atoms with Gasteiger partial charge in [-0.25, -0.2) is 0 Å². The predicted octanol–water partition coefficient (Wildman–Crippen LogP) is 4.54. The Balaban J connectivity index is -0.000000330. The van der Waals surface area contributed by atoms with Crippen molar-refractivity contribution in [3.05, 3.63) is 12.7 Å². The van der Waals surface area contributed by atoms with Gasteiger partial charge in [0.15, 0.2) is 0 Å². The van der Waals surface area contributed by atoms with E-state index in [0.717, 1.165) is 0 Å². The van der Waals surface area contributed by atoms with Crippen LogP contribution in [0.25, 0.3) is 0 Å². The minimum atomic E-state index is -4.67. The quantitative estimate of drug-likeness (QED) is 0.263. The second-order valence-electron chi connectivity index (χ2n) is 4.96. The fraction of sp³-hybridized carbons (Fsp3) is 0.800. The van der Waals surface area contributed by atoms with Crippen LogP contribution in [0, 0.1) is 11.3 Å². The molecule has 0 saturated carbocycles. The zero-order valence-corrected chi connectivity index (χ0v) is 16.9. The molecule has 0 saturated heterocycles. The molecule has 22 heavy (non-hydrogen) atoms. The molecule has 0 heterocycles. The molecular formula is C15H30NNaO4S. The predicted molar refractivity (Wildman–Crippen MR) is 92.4 cm³/mol. The van der Waals surface area contributed by atoms with Crippen LogP contribution in [-0.2, 0) is 10.4 Å². The van der Waals surface area contributed by atoms with Crippen molar-refractivity contribution in [3.8, 4) is 6.07 Å². The Hall–Kier alpha value is 0.1000. The molecule has 0 aliphatic carbocycles. The Bertz CT molecular complexity index is 335. The topological polar surface area (TPSA) is 98.4 Å². The van der Waals surface area contributed by atoms with Crippen molar-refractivity contribution >= 4 is 38.3 Å². The third kappa shape index (κ3) is 59.5. The molecule has 0 aromatic heterocycles. The molecule has 0 aliphatic rings. The van der Waals surface area contributed by atoms with Gasteiger partial charge in [-0.2, -0.15) is 13.7 Å². The second kappa shape index (κ2) is 23.4. The van der Waals surface area contributed by atoms with Gasteiger partial charge in [-0.05, 0) is 0 Å². The molecule has 0 rings (SSSR count). The maximum absolute atomic E-state index is 8.74. The van der Waals surface area contributed by atoms with Gasteiger partial charge in [-0.3, -0.25) is 9.11 Å². The third-order valence-corrected chi connectivity index (χ3v) is 3.51. The maximum Gasteiger partial charge on any atom is 0.394 e. The maximum atomic E-state index is 8.74. The number of nitriles is 1. The van der Waals surface area contributed by atoms with E-state index in [1.807, 2.05) is 0 Å². The van der Waals surface area contributed by atoms with E-state index >= 15 is 0 Å². The van der Waals surface area contributed by atoms with E-state index in [1.165, 1.54) is 102 Å². The molecule has 7 heteroatoms. The molecule has 0 aliphatic heterocycles. The van der Waals surface area contributed by atoms with Crippen LogP contribution in [-0.4, -0.2) is 45.5 Å². The summed E-state index contributed by atoms with van der Waals surface area (Å²) in [5.41, 5.74) is 0. The Labute approximate surface area is 154 Å². The Morgan fingerprint density at radius 3 is 1.50 bits per heavy atom. The Morgan fingerprint density at radius 2 is 1.27 bits per heavy atom. The average Bonchev–Trinajstić information content (AvgIpc) is 2.44. The number of hydrogen-bond donors (Lipinski definition) is 2. The van der Waals surface area contributed by atoms with Crippen LogP contribution >= 0.6 is 0 Å². The van der Waals surface area contributed by atoms with Crippen LogP contribution in [0.4, 0.5) is 0 Å². The van der Waals surface area contributed by atoms with E-state index in [9.17, 15) is 0 Å². The number of allylic oxidation sites excluding steroid dienone is 1. The molecule has 0 aromatic rings. The fourth-order valence-electron chi connectivity index (χ4n) is 1.74. The largest absolute Gasteiger partial charge is 0.394 e.